The molecule has 1 heterocycles. The van der Waals surface area contributed by atoms with Crippen molar-refractivity contribution >= 4 is 0 Å². The maximum Gasteiger partial charge on any atom is 0.183 e. The number of methoxy groups -OCH3 is 1. The summed E-state index contributed by atoms with van der Waals surface area (Å²) in [7, 11) is 1.45. The van der Waals surface area contributed by atoms with E-state index in [4.69, 9.17) is 15.3 Å². The van der Waals surface area contributed by atoms with E-state index in [1.54, 1.807) is 6.07 Å². The molecule has 0 amide bonds. The molecule has 0 aliphatic heterocycles. The van der Waals surface area contributed by atoms with E-state index in [0.29, 0.717) is 5.75 Å². The second kappa shape index (κ2) is 3.36. The van der Waals surface area contributed by atoms with Crippen LogP contribution < -0.4 is 4.74 Å². The summed E-state index contributed by atoms with van der Waals surface area (Å²) < 4.78 is 4.84. The van der Waals surface area contributed by atoms with Crippen LogP contribution in [0, 0.1) is 22.7 Å². The van der Waals surface area contributed by atoms with Gasteiger partial charge in [0.2, 0.25) is 0 Å². The van der Waals surface area contributed by atoms with Gasteiger partial charge in [0, 0.05) is 0 Å². The zero-order valence-corrected chi connectivity index (χ0v) is 6.40. The molecule has 0 bridgehead atoms. The van der Waals surface area contributed by atoms with Crippen LogP contribution in [0.25, 0.3) is 0 Å². The number of aromatic nitrogens is 1. The summed E-state index contributed by atoms with van der Waals surface area (Å²) in [4.78, 5) is 3.73. The highest BCUT2D eigenvalue weighted by molar-refractivity contribution is 5.40. The predicted molar refractivity (Wildman–Crippen MR) is 40.2 cm³/mol. The Morgan fingerprint density at radius 1 is 1.33 bits per heavy atom. The molecule has 0 aliphatic rings. The van der Waals surface area contributed by atoms with E-state index in [1.165, 1.54) is 13.2 Å². The Kier molecular flexibility index (Phi) is 2.25. The minimum Gasteiger partial charge on any atom is -0.494 e. The number of hydrogen-bond donors (Lipinski definition) is 0. The fraction of sp³-hybridized carbons (Fsp3) is 0.125. The lowest BCUT2D eigenvalue weighted by molar-refractivity contribution is 0.411. The van der Waals surface area contributed by atoms with Crippen molar-refractivity contribution in [1.82, 2.24) is 4.98 Å². The average Bonchev–Trinajstić information content (AvgIpc) is 2.16. The number of nitrogens with zero attached hydrogens (tertiary/aromatic N) is 3. The first-order valence-corrected chi connectivity index (χ1v) is 3.17. The molecule has 4 nitrogen and oxygen atoms in total. The van der Waals surface area contributed by atoms with E-state index < -0.39 is 0 Å². The normalized spacial score (nSPS) is 8.25. The van der Waals surface area contributed by atoms with Gasteiger partial charge in [-0.3, -0.25) is 0 Å². The molecule has 58 valence electrons. The molecule has 0 aromatic carbocycles. The highest BCUT2D eigenvalue weighted by Gasteiger charge is 2.03. The Balaban J connectivity index is 3.24. The Hall–Kier alpha value is -2.07. The number of ether oxygens (including phenoxy) is 1. The molecule has 0 fully saturated rings. The molecule has 0 saturated carbocycles. The van der Waals surface area contributed by atoms with Gasteiger partial charge in [0.1, 0.15) is 17.8 Å². The summed E-state index contributed by atoms with van der Waals surface area (Å²) in [6.45, 7) is 0. The van der Waals surface area contributed by atoms with Crippen LogP contribution >= 0.6 is 0 Å². The molecule has 1 aromatic rings. The summed E-state index contributed by atoms with van der Waals surface area (Å²) >= 11 is 0. The van der Waals surface area contributed by atoms with E-state index in [0.717, 1.165) is 0 Å². The van der Waals surface area contributed by atoms with Gasteiger partial charge in [-0.25, -0.2) is 4.98 Å². The Labute approximate surface area is 69.6 Å². The van der Waals surface area contributed by atoms with Crippen LogP contribution in [0.1, 0.15) is 11.4 Å². The Morgan fingerprint density at radius 3 is 2.58 bits per heavy atom. The van der Waals surface area contributed by atoms with Gasteiger partial charge in [0.25, 0.3) is 0 Å². The lowest BCUT2D eigenvalue weighted by Gasteiger charge is -1.99. The third-order valence-electron chi connectivity index (χ3n) is 1.30. The lowest BCUT2D eigenvalue weighted by atomic mass is 10.3. The van der Waals surface area contributed by atoms with Gasteiger partial charge in [0.15, 0.2) is 11.4 Å². The van der Waals surface area contributed by atoms with E-state index in [9.17, 15) is 0 Å². The standard InChI is InChI=1S/C8H5N3O/c1-12-8-3-2-6(4-9)11-7(8)5-10/h2-3H,1H3. The summed E-state index contributed by atoms with van der Waals surface area (Å²) in [5.41, 5.74) is 0.351. The summed E-state index contributed by atoms with van der Waals surface area (Å²) in [6, 6.07) is 6.71. The molecule has 0 atom stereocenters. The first-order valence-electron chi connectivity index (χ1n) is 3.17. The van der Waals surface area contributed by atoms with Crippen LogP contribution in [0.5, 0.6) is 5.75 Å². The van der Waals surface area contributed by atoms with Crippen LogP contribution in [0.2, 0.25) is 0 Å². The number of pyridine rings is 1. The van der Waals surface area contributed by atoms with Crippen molar-refractivity contribution in [2.24, 2.45) is 0 Å². The van der Waals surface area contributed by atoms with Gasteiger partial charge in [-0.2, -0.15) is 10.5 Å². The van der Waals surface area contributed by atoms with Crippen molar-refractivity contribution in [2.75, 3.05) is 7.11 Å². The Bertz CT molecular complexity index is 373. The van der Waals surface area contributed by atoms with Crippen molar-refractivity contribution in [1.29, 1.82) is 10.5 Å². The van der Waals surface area contributed by atoms with Crippen LogP contribution in [0.15, 0.2) is 12.1 Å². The fourth-order valence-corrected chi connectivity index (χ4v) is 0.753. The second-order valence-corrected chi connectivity index (χ2v) is 1.97. The quantitative estimate of drug-likeness (QED) is 0.608. The van der Waals surface area contributed by atoms with Crippen LogP contribution in [-0.2, 0) is 0 Å². The lowest BCUT2D eigenvalue weighted by Crippen LogP contribution is -1.93. The molecule has 0 radical (unpaired) electrons. The van der Waals surface area contributed by atoms with E-state index in [2.05, 4.69) is 4.98 Å². The van der Waals surface area contributed by atoms with Crippen LogP contribution in [0.4, 0.5) is 0 Å². The highest BCUT2D eigenvalue weighted by Crippen LogP contribution is 2.14. The number of rotatable bonds is 1. The third-order valence-corrected chi connectivity index (χ3v) is 1.30. The van der Waals surface area contributed by atoms with Gasteiger partial charge < -0.3 is 4.74 Å². The minimum atomic E-state index is 0.136. The van der Waals surface area contributed by atoms with Gasteiger partial charge >= 0.3 is 0 Å². The minimum absolute atomic E-state index is 0.136. The van der Waals surface area contributed by atoms with Gasteiger partial charge in [-0.15, -0.1) is 0 Å². The van der Waals surface area contributed by atoms with E-state index in [-0.39, 0.29) is 11.4 Å². The largest absolute Gasteiger partial charge is 0.494 e. The highest BCUT2D eigenvalue weighted by atomic mass is 16.5. The van der Waals surface area contributed by atoms with E-state index in [1.807, 2.05) is 12.1 Å². The predicted octanol–water partition coefficient (Wildman–Crippen LogP) is 0.834. The third kappa shape index (κ3) is 1.33. The average molecular weight is 159 g/mol. The number of nitriles is 2. The first kappa shape index (κ1) is 8.03. The first-order chi connectivity index (χ1) is 5.81. The fourth-order valence-electron chi connectivity index (χ4n) is 0.753. The molecule has 0 spiro atoms. The van der Waals surface area contributed by atoms with Gasteiger partial charge in [-0.1, -0.05) is 0 Å². The molecule has 1 rings (SSSR count). The molecule has 0 N–H and O–H groups in total. The molecule has 1 aromatic heterocycles. The summed E-state index contributed by atoms with van der Waals surface area (Å²) in [5, 5.41) is 17.0. The molecular formula is C8H5N3O. The maximum atomic E-state index is 8.57. The second-order valence-electron chi connectivity index (χ2n) is 1.97. The summed E-state index contributed by atoms with van der Waals surface area (Å²) in [6.07, 6.45) is 0. The zero-order chi connectivity index (χ0) is 8.97. The van der Waals surface area contributed by atoms with E-state index >= 15 is 0 Å². The number of hydrogen-bond acceptors (Lipinski definition) is 4. The zero-order valence-electron chi connectivity index (χ0n) is 6.40. The monoisotopic (exact) mass is 159 g/mol. The van der Waals surface area contributed by atoms with Crippen LogP contribution in [0.3, 0.4) is 0 Å². The van der Waals surface area contributed by atoms with Crippen LogP contribution in [-0.4, -0.2) is 12.1 Å². The SMILES string of the molecule is COc1ccc(C#N)nc1C#N. The summed E-state index contributed by atoms with van der Waals surface area (Å²) in [5.74, 6) is 0.386. The van der Waals surface area contributed by atoms with Crippen molar-refractivity contribution in [2.45, 2.75) is 0 Å². The molecule has 0 aliphatic carbocycles. The van der Waals surface area contributed by atoms with Crippen molar-refractivity contribution < 1.29 is 4.74 Å². The Morgan fingerprint density at radius 2 is 2.08 bits per heavy atom. The van der Waals surface area contributed by atoms with Gasteiger partial charge in [-0.05, 0) is 12.1 Å². The molecule has 12 heavy (non-hydrogen) atoms. The molecule has 0 unspecified atom stereocenters. The molecule has 4 heteroatoms. The van der Waals surface area contributed by atoms with Crippen molar-refractivity contribution in [3.8, 4) is 17.9 Å². The maximum absolute atomic E-state index is 8.57. The topological polar surface area (TPSA) is 69.7 Å². The smallest absolute Gasteiger partial charge is 0.183 e. The molecular weight excluding hydrogens is 154 g/mol. The van der Waals surface area contributed by atoms with Crippen molar-refractivity contribution in [3.05, 3.63) is 23.5 Å². The van der Waals surface area contributed by atoms with Crippen molar-refractivity contribution in [3.63, 3.8) is 0 Å². The van der Waals surface area contributed by atoms with Gasteiger partial charge in [0.05, 0.1) is 7.11 Å². The molecule has 0 saturated heterocycles.